The number of aryl methyl sites for hydroxylation is 1. The Hall–Kier alpha value is -2.35. The number of nitriles is 1. The fourth-order valence-corrected chi connectivity index (χ4v) is 1.26. The van der Waals surface area contributed by atoms with Crippen molar-refractivity contribution in [1.82, 2.24) is 5.32 Å². The molecule has 0 fully saturated rings. The summed E-state index contributed by atoms with van der Waals surface area (Å²) in [6, 6.07) is 8.97. The van der Waals surface area contributed by atoms with Crippen molar-refractivity contribution in [3.8, 4) is 6.07 Å². The van der Waals surface area contributed by atoms with Gasteiger partial charge in [0.25, 0.3) is 0 Å². The van der Waals surface area contributed by atoms with Gasteiger partial charge in [-0.2, -0.15) is 5.26 Å². The number of nitrogens with zero attached hydrogens (tertiary/aromatic N) is 1. The smallest absolute Gasteiger partial charge is 0.313 e. The number of benzene rings is 1. The third kappa shape index (κ3) is 3.95. The van der Waals surface area contributed by atoms with E-state index in [1.807, 2.05) is 19.1 Å². The number of carbonyl (C=O) groups is 2. The van der Waals surface area contributed by atoms with Crippen molar-refractivity contribution in [3.63, 3.8) is 0 Å². The van der Waals surface area contributed by atoms with Crippen molar-refractivity contribution < 1.29 is 9.59 Å². The molecule has 0 aliphatic rings. The molecule has 1 rings (SSSR count). The van der Waals surface area contributed by atoms with Gasteiger partial charge in [-0.1, -0.05) is 19.1 Å². The Balaban J connectivity index is 2.61. The Kier molecular flexibility index (Phi) is 4.70. The van der Waals surface area contributed by atoms with Crippen LogP contribution in [0.4, 0.5) is 5.69 Å². The first-order valence-electron chi connectivity index (χ1n) is 5.22. The largest absolute Gasteiger partial charge is 0.335 e. The van der Waals surface area contributed by atoms with Gasteiger partial charge in [0.1, 0.15) is 6.54 Å². The zero-order valence-electron chi connectivity index (χ0n) is 9.49. The standard InChI is InChI=1S/C12H13N3O2/c1-2-9-4-3-5-10(8-9)15-12(17)11(16)14-7-6-13/h3-5,8H,2,7H2,1H3,(H,14,16)(H,15,17). The Morgan fingerprint density at radius 1 is 1.35 bits per heavy atom. The fraction of sp³-hybridized carbons (Fsp3) is 0.250. The van der Waals surface area contributed by atoms with E-state index in [0.717, 1.165) is 12.0 Å². The van der Waals surface area contributed by atoms with Crippen LogP contribution in [0, 0.1) is 11.3 Å². The number of hydrogen-bond donors (Lipinski definition) is 2. The molecule has 0 saturated carbocycles. The van der Waals surface area contributed by atoms with E-state index in [-0.39, 0.29) is 6.54 Å². The summed E-state index contributed by atoms with van der Waals surface area (Å²) in [5, 5.41) is 12.9. The number of amides is 2. The molecule has 0 spiro atoms. The van der Waals surface area contributed by atoms with E-state index in [1.54, 1.807) is 18.2 Å². The Bertz CT molecular complexity index is 463. The van der Waals surface area contributed by atoms with Crippen LogP contribution in [0.3, 0.4) is 0 Å². The van der Waals surface area contributed by atoms with Crippen LogP contribution in [0.2, 0.25) is 0 Å². The lowest BCUT2D eigenvalue weighted by Gasteiger charge is -2.05. The minimum absolute atomic E-state index is 0.179. The van der Waals surface area contributed by atoms with Crippen molar-refractivity contribution in [3.05, 3.63) is 29.8 Å². The lowest BCUT2D eigenvalue weighted by atomic mass is 10.1. The van der Waals surface area contributed by atoms with Crippen LogP contribution in [0.5, 0.6) is 0 Å². The summed E-state index contributed by atoms with van der Waals surface area (Å²) in [7, 11) is 0. The summed E-state index contributed by atoms with van der Waals surface area (Å²) in [6.45, 7) is 1.82. The van der Waals surface area contributed by atoms with Crippen molar-refractivity contribution in [2.75, 3.05) is 11.9 Å². The summed E-state index contributed by atoms with van der Waals surface area (Å²) in [5.41, 5.74) is 1.64. The van der Waals surface area contributed by atoms with Crippen LogP contribution in [-0.2, 0) is 16.0 Å². The highest BCUT2D eigenvalue weighted by Crippen LogP contribution is 2.10. The van der Waals surface area contributed by atoms with E-state index in [4.69, 9.17) is 5.26 Å². The van der Waals surface area contributed by atoms with Gasteiger partial charge in [-0.15, -0.1) is 0 Å². The van der Waals surface area contributed by atoms with Crippen molar-refractivity contribution in [2.24, 2.45) is 0 Å². The topological polar surface area (TPSA) is 82.0 Å². The highest BCUT2D eigenvalue weighted by atomic mass is 16.2. The molecule has 0 aliphatic carbocycles. The second-order valence-electron chi connectivity index (χ2n) is 3.35. The minimum atomic E-state index is -0.812. The van der Waals surface area contributed by atoms with Crippen LogP contribution in [0.1, 0.15) is 12.5 Å². The molecule has 5 heteroatoms. The molecular formula is C12H13N3O2. The first-order chi connectivity index (χ1) is 8.17. The first kappa shape index (κ1) is 12.7. The highest BCUT2D eigenvalue weighted by Gasteiger charge is 2.12. The summed E-state index contributed by atoms with van der Waals surface area (Å²) >= 11 is 0. The van der Waals surface area contributed by atoms with E-state index in [2.05, 4.69) is 10.6 Å². The average molecular weight is 231 g/mol. The zero-order chi connectivity index (χ0) is 12.7. The van der Waals surface area contributed by atoms with Crippen LogP contribution in [-0.4, -0.2) is 18.4 Å². The molecule has 0 heterocycles. The summed E-state index contributed by atoms with van der Waals surface area (Å²) in [5.74, 6) is -1.58. The van der Waals surface area contributed by atoms with Crippen molar-refractivity contribution in [1.29, 1.82) is 5.26 Å². The second-order valence-corrected chi connectivity index (χ2v) is 3.35. The summed E-state index contributed by atoms with van der Waals surface area (Å²) in [6.07, 6.45) is 0.852. The molecule has 0 bridgehead atoms. The van der Waals surface area contributed by atoms with Crippen LogP contribution >= 0.6 is 0 Å². The molecule has 0 atom stereocenters. The molecule has 0 radical (unpaired) electrons. The number of anilines is 1. The number of nitrogens with one attached hydrogen (secondary N) is 2. The van der Waals surface area contributed by atoms with Crippen LogP contribution < -0.4 is 10.6 Å². The summed E-state index contributed by atoms with van der Waals surface area (Å²) < 4.78 is 0. The molecule has 88 valence electrons. The average Bonchev–Trinajstić information content (AvgIpc) is 2.36. The molecule has 5 nitrogen and oxygen atoms in total. The predicted molar refractivity (Wildman–Crippen MR) is 63.1 cm³/mol. The third-order valence-corrected chi connectivity index (χ3v) is 2.13. The molecule has 0 aromatic heterocycles. The van der Waals surface area contributed by atoms with E-state index in [0.29, 0.717) is 5.69 Å². The van der Waals surface area contributed by atoms with E-state index in [9.17, 15) is 9.59 Å². The van der Waals surface area contributed by atoms with Crippen molar-refractivity contribution in [2.45, 2.75) is 13.3 Å². The normalized spacial score (nSPS) is 9.18. The van der Waals surface area contributed by atoms with Gasteiger partial charge >= 0.3 is 11.8 Å². The fourth-order valence-electron chi connectivity index (χ4n) is 1.26. The maximum absolute atomic E-state index is 11.4. The Morgan fingerprint density at radius 3 is 2.76 bits per heavy atom. The number of carbonyl (C=O) groups excluding carboxylic acids is 2. The zero-order valence-corrected chi connectivity index (χ0v) is 9.49. The second kappa shape index (κ2) is 6.28. The van der Waals surface area contributed by atoms with E-state index >= 15 is 0 Å². The maximum atomic E-state index is 11.4. The van der Waals surface area contributed by atoms with E-state index in [1.165, 1.54) is 0 Å². The highest BCUT2D eigenvalue weighted by molar-refractivity contribution is 6.39. The molecule has 1 aromatic carbocycles. The van der Waals surface area contributed by atoms with Gasteiger partial charge < -0.3 is 10.6 Å². The van der Waals surface area contributed by atoms with Crippen LogP contribution in [0.15, 0.2) is 24.3 Å². The number of rotatable bonds is 3. The summed E-state index contributed by atoms with van der Waals surface area (Å²) in [4.78, 5) is 22.6. The number of hydrogen-bond acceptors (Lipinski definition) is 3. The molecule has 0 aliphatic heterocycles. The molecular weight excluding hydrogens is 218 g/mol. The van der Waals surface area contributed by atoms with Crippen LogP contribution in [0.25, 0.3) is 0 Å². The SMILES string of the molecule is CCc1cccc(NC(=O)C(=O)NCC#N)c1. The molecule has 2 amide bonds. The molecule has 2 N–H and O–H groups in total. The molecule has 1 aromatic rings. The van der Waals surface area contributed by atoms with Gasteiger partial charge in [0, 0.05) is 5.69 Å². The first-order valence-corrected chi connectivity index (χ1v) is 5.22. The van der Waals surface area contributed by atoms with Gasteiger partial charge in [0.05, 0.1) is 6.07 Å². The predicted octanol–water partition coefficient (Wildman–Crippen LogP) is 0.827. The van der Waals surface area contributed by atoms with Gasteiger partial charge in [0.2, 0.25) is 0 Å². The van der Waals surface area contributed by atoms with E-state index < -0.39 is 11.8 Å². The monoisotopic (exact) mass is 231 g/mol. The minimum Gasteiger partial charge on any atom is -0.335 e. The quantitative estimate of drug-likeness (QED) is 0.597. The van der Waals surface area contributed by atoms with Gasteiger partial charge in [-0.3, -0.25) is 9.59 Å². The van der Waals surface area contributed by atoms with Crippen molar-refractivity contribution >= 4 is 17.5 Å². The molecule has 17 heavy (non-hydrogen) atoms. The Labute approximate surface area is 99.4 Å². The Morgan fingerprint density at radius 2 is 2.12 bits per heavy atom. The molecule has 0 unspecified atom stereocenters. The van der Waals surface area contributed by atoms with Gasteiger partial charge in [-0.25, -0.2) is 0 Å². The molecule has 0 saturated heterocycles. The van der Waals surface area contributed by atoms with Gasteiger partial charge in [-0.05, 0) is 24.1 Å². The lowest BCUT2D eigenvalue weighted by molar-refractivity contribution is -0.136. The lowest BCUT2D eigenvalue weighted by Crippen LogP contribution is -2.35. The van der Waals surface area contributed by atoms with Gasteiger partial charge in [0.15, 0.2) is 0 Å². The maximum Gasteiger partial charge on any atom is 0.313 e. The third-order valence-electron chi connectivity index (χ3n) is 2.13.